The number of aromatic nitrogens is 2. The number of rotatable bonds is 5. The highest BCUT2D eigenvalue weighted by atomic mass is 19.4. The zero-order valence-electron chi connectivity index (χ0n) is 20.6. The minimum atomic E-state index is -4.67. The van der Waals surface area contributed by atoms with Crippen molar-refractivity contribution in [3.8, 4) is 11.3 Å². The topological polar surface area (TPSA) is 97.4 Å². The van der Waals surface area contributed by atoms with Gasteiger partial charge in [0.1, 0.15) is 16.9 Å². The average molecular weight is 521 g/mol. The van der Waals surface area contributed by atoms with Crippen LogP contribution in [-0.4, -0.2) is 20.9 Å². The lowest BCUT2D eigenvalue weighted by Crippen LogP contribution is -2.12. The van der Waals surface area contributed by atoms with E-state index in [0.29, 0.717) is 11.3 Å². The number of hydrogen-bond donors (Lipinski definition) is 2. The Kier molecular flexibility index (Phi) is 5.97. The molecule has 0 aliphatic rings. The molecular weight excluding hydrogens is 499 g/mol. The van der Waals surface area contributed by atoms with Gasteiger partial charge in [0.25, 0.3) is 0 Å². The fraction of sp³-hybridized carbons (Fsp3) is 0.179. The van der Waals surface area contributed by atoms with Gasteiger partial charge in [-0.1, -0.05) is 18.2 Å². The molecule has 2 N–H and O–H groups in total. The molecule has 3 aromatic carbocycles. The first-order valence-electron chi connectivity index (χ1n) is 11.6. The number of para-hydroxylation sites is 1. The number of benzene rings is 3. The number of nitrogens with one attached hydrogen (secondary N) is 1. The molecule has 0 radical (unpaired) electrons. The van der Waals surface area contributed by atoms with Crippen LogP contribution in [0.3, 0.4) is 0 Å². The summed E-state index contributed by atoms with van der Waals surface area (Å²) in [4.78, 5) is 24.8. The molecule has 2 heterocycles. The fourth-order valence-corrected chi connectivity index (χ4v) is 4.62. The van der Waals surface area contributed by atoms with E-state index >= 15 is 0 Å². The van der Waals surface area contributed by atoms with E-state index in [1.807, 2.05) is 0 Å². The van der Waals surface area contributed by atoms with Gasteiger partial charge in [-0.05, 0) is 49.7 Å². The number of carbonyl (C=O) groups is 1. The zero-order valence-corrected chi connectivity index (χ0v) is 20.6. The predicted octanol–water partition coefficient (Wildman–Crippen LogP) is 6.55. The van der Waals surface area contributed by atoms with Crippen molar-refractivity contribution in [3.63, 3.8) is 0 Å². The zero-order chi connectivity index (χ0) is 27.4. The quantitative estimate of drug-likeness (QED) is 0.272. The van der Waals surface area contributed by atoms with Gasteiger partial charge in [0, 0.05) is 41.5 Å². The van der Waals surface area contributed by atoms with E-state index in [9.17, 15) is 27.9 Å². The summed E-state index contributed by atoms with van der Waals surface area (Å²) >= 11 is 0. The van der Waals surface area contributed by atoms with Crippen LogP contribution in [0.25, 0.3) is 33.2 Å². The van der Waals surface area contributed by atoms with Gasteiger partial charge in [0.2, 0.25) is 0 Å². The SMILES string of the molecule is Cc1cc(C(C)Nc2ccccc2C(=O)O)c2oc(-c3cc(C(F)(F)F)c4nn(C)cc4c3)cc(=O)c2c1. The number of aryl methyl sites for hydroxylation is 2. The van der Waals surface area contributed by atoms with Crippen LogP contribution in [0.2, 0.25) is 0 Å². The molecule has 38 heavy (non-hydrogen) atoms. The normalized spacial score (nSPS) is 12.7. The van der Waals surface area contributed by atoms with Crippen LogP contribution in [0, 0.1) is 6.92 Å². The lowest BCUT2D eigenvalue weighted by Gasteiger charge is -2.19. The fourth-order valence-electron chi connectivity index (χ4n) is 4.62. The molecule has 0 fully saturated rings. The van der Waals surface area contributed by atoms with Crippen LogP contribution in [0.15, 0.2) is 70.0 Å². The third-order valence-corrected chi connectivity index (χ3v) is 6.31. The van der Waals surface area contributed by atoms with Crippen molar-refractivity contribution >= 4 is 33.5 Å². The van der Waals surface area contributed by atoms with Crippen molar-refractivity contribution in [2.75, 3.05) is 5.32 Å². The number of halogens is 3. The summed E-state index contributed by atoms with van der Waals surface area (Å²) in [5, 5.41) is 17.2. The van der Waals surface area contributed by atoms with Crippen LogP contribution in [0.1, 0.15) is 40.0 Å². The van der Waals surface area contributed by atoms with Crippen LogP contribution in [0.5, 0.6) is 0 Å². The number of hydrogen-bond acceptors (Lipinski definition) is 5. The highest BCUT2D eigenvalue weighted by Gasteiger charge is 2.35. The van der Waals surface area contributed by atoms with Crippen molar-refractivity contribution in [1.29, 1.82) is 0 Å². The number of carboxylic acid groups (broad SMARTS) is 1. The first-order valence-corrected chi connectivity index (χ1v) is 11.6. The Labute approximate surface area is 214 Å². The number of alkyl halides is 3. The third-order valence-electron chi connectivity index (χ3n) is 6.31. The summed E-state index contributed by atoms with van der Waals surface area (Å²) in [6.45, 7) is 3.59. The molecule has 2 aromatic heterocycles. The second-order valence-electron chi connectivity index (χ2n) is 9.18. The Morgan fingerprint density at radius 2 is 1.87 bits per heavy atom. The molecule has 0 amide bonds. The molecule has 0 saturated carbocycles. The van der Waals surface area contributed by atoms with Gasteiger partial charge in [-0.3, -0.25) is 9.48 Å². The molecular formula is C28H22F3N3O4. The second kappa shape index (κ2) is 9.05. The maximum atomic E-state index is 13.9. The van der Waals surface area contributed by atoms with Crippen LogP contribution in [-0.2, 0) is 13.2 Å². The molecule has 1 unspecified atom stereocenters. The van der Waals surface area contributed by atoms with E-state index in [1.54, 1.807) is 44.2 Å². The van der Waals surface area contributed by atoms with Gasteiger partial charge in [-0.15, -0.1) is 0 Å². The lowest BCUT2D eigenvalue weighted by atomic mass is 9.99. The molecule has 5 aromatic rings. The Morgan fingerprint density at radius 3 is 2.58 bits per heavy atom. The monoisotopic (exact) mass is 521 g/mol. The maximum Gasteiger partial charge on any atom is 0.418 e. The van der Waals surface area contributed by atoms with Crippen LogP contribution < -0.4 is 10.7 Å². The van der Waals surface area contributed by atoms with Crippen LogP contribution in [0.4, 0.5) is 18.9 Å². The summed E-state index contributed by atoms with van der Waals surface area (Å²) in [6, 6.07) is 12.9. The number of fused-ring (bicyclic) bond motifs is 2. The van der Waals surface area contributed by atoms with Crippen molar-refractivity contribution in [2.24, 2.45) is 7.05 Å². The van der Waals surface area contributed by atoms with E-state index < -0.39 is 29.2 Å². The smallest absolute Gasteiger partial charge is 0.418 e. The van der Waals surface area contributed by atoms with Crippen molar-refractivity contribution in [1.82, 2.24) is 9.78 Å². The molecule has 1 atom stereocenters. The lowest BCUT2D eigenvalue weighted by molar-refractivity contribution is -0.136. The minimum Gasteiger partial charge on any atom is -0.478 e. The van der Waals surface area contributed by atoms with Gasteiger partial charge in [0.05, 0.1) is 22.6 Å². The maximum absolute atomic E-state index is 13.9. The molecule has 5 rings (SSSR count). The van der Waals surface area contributed by atoms with Gasteiger partial charge >= 0.3 is 12.1 Å². The summed E-state index contributed by atoms with van der Waals surface area (Å²) in [5.74, 6) is -1.13. The number of anilines is 1. The highest BCUT2D eigenvalue weighted by molar-refractivity contribution is 5.94. The van der Waals surface area contributed by atoms with E-state index in [2.05, 4.69) is 10.4 Å². The van der Waals surface area contributed by atoms with Gasteiger partial charge < -0.3 is 14.8 Å². The first-order chi connectivity index (χ1) is 17.9. The molecule has 0 bridgehead atoms. The summed E-state index contributed by atoms with van der Waals surface area (Å²) in [6.07, 6.45) is -3.20. The molecule has 0 spiro atoms. The molecule has 0 aliphatic heterocycles. The van der Waals surface area contributed by atoms with Crippen molar-refractivity contribution < 1.29 is 27.5 Å². The van der Waals surface area contributed by atoms with Crippen LogP contribution >= 0.6 is 0 Å². The number of aromatic carboxylic acids is 1. The van der Waals surface area contributed by atoms with E-state index in [-0.39, 0.29) is 38.8 Å². The highest BCUT2D eigenvalue weighted by Crippen LogP contribution is 2.38. The number of nitrogens with zero attached hydrogens (tertiary/aromatic N) is 2. The standard InChI is InChI=1S/C28H22F3N3O4/c1-14-8-19(15(2)32-22-7-5-4-6-18(22)27(36)37)26-20(9-14)23(35)12-24(38-26)16-10-17-13-34(3)33-25(17)21(11-16)28(29,30)31/h4-13,15,32H,1-3H3,(H,36,37). The predicted molar refractivity (Wildman–Crippen MR) is 137 cm³/mol. The number of carboxylic acids is 1. The summed E-state index contributed by atoms with van der Waals surface area (Å²) < 4.78 is 49.0. The molecule has 0 aliphatic carbocycles. The summed E-state index contributed by atoms with van der Waals surface area (Å²) in [7, 11) is 1.53. The van der Waals surface area contributed by atoms with Gasteiger partial charge in [0.15, 0.2) is 5.43 Å². The average Bonchev–Trinajstić information content (AvgIpc) is 3.22. The Bertz CT molecular complexity index is 1790. The van der Waals surface area contributed by atoms with E-state index in [4.69, 9.17) is 4.42 Å². The van der Waals surface area contributed by atoms with E-state index in [1.165, 1.54) is 36.1 Å². The van der Waals surface area contributed by atoms with Crippen molar-refractivity contribution in [3.05, 3.63) is 93.3 Å². The third kappa shape index (κ3) is 4.49. The van der Waals surface area contributed by atoms with Gasteiger partial charge in [-0.2, -0.15) is 18.3 Å². The Balaban J connectivity index is 1.69. The molecule has 0 saturated heterocycles. The largest absolute Gasteiger partial charge is 0.478 e. The van der Waals surface area contributed by atoms with Gasteiger partial charge in [-0.25, -0.2) is 4.79 Å². The Hall–Kier alpha value is -4.60. The molecule has 194 valence electrons. The summed E-state index contributed by atoms with van der Waals surface area (Å²) in [5.41, 5.74) is 0.507. The molecule has 7 nitrogen and oxygen atoms in total. The van der Waals surface area contributed by atoms with Crippen molar-refractivity contribution in [2.45, 2.75) is 26.1 Å². The second-order valence-corrected chi connectivity index (χ2v) is 9.18. The molecule has 10 heteroatoms. The van der Waals surface area contributed by atoms with E-state index in [0.717, 1.165) is 11.6 Å². The first kappa shape index (κ1) is 25.1. The minimum absolute atomic E-state index is 0.0259. The Morgan fingerprint density at radius 1 is 1.13 bits per heavy atom.